The largest absolute Gasteiger partial charge is 0.380 e. The summed E-state index contributed by atoms with van der Waals surface area (Å²) in [4.78, 5) is 5.60. The number of rotatable bonds is 4. The fourth-order valence-electron chi connectivity index (χ4n) is 3.14. The lowest BCUT2D eigenvalue weighted by Gasteiger charge is -2.28. The summed E-state index contributed by atoms with van der Waals surface area (Å²) in [5, 5.41) is 9.95. The smallest absolute Gasteiger partial charge is 0.243 e. The Kier molecular flexibility index (Phi) is 4.97. The molecule has 0 radical (unpaired) electrons. The monoisotopic (exact) mass is 441 g/mol. The van der Waals surface area contributed by atoms with Gasteiger partial charge in [0.1, 0.15) is 10.1 Å². The maximum Gasteiger partial charge on any atom is 0.243 e. The highest BCUT2D eigenvalue weighted by Crippen LogP contribution is 2.36. The van der Waals surface area contributed by atoms with Gasteiger partial charge in [-0.25, -0.2) is 4.52 Å². The number of ether oxygens (including phenoxy) is 1. The molecule has 1 aliphatic heterocycles. The third-order valence-electron chi connectivity index (χ3n) is 4.38. The molecule has 6 nitrogen and oxygen atoms in total. The summed E-state index contributed by atoms with van der Waals surface area (Å²) < 4.78 is 8.11. The molecule has 0 unspecified atom stereocenters. The zero-order valence-corrected chi connectivity index (χ0v) is 16.4. The van der Waals surface area contributed by atoms with Crippen molar-refractivity contribution in [1.82, 2.24) is 14.6 Å². The number of nitrogens with one attached hydrogen (secondary N) is 1. The molecule has 1 saturated heterocycles. The third kappa shape index (κ3) is 3.41. The highest BCUT2D eigenvalue weighted by Gasteiger charge is 2.28. The predicted molar refractivity (Wildman–Crippen MR) is 103 cm³/mol. The van der Waals surface area contributed by atoms with Gasteiger partial charge in [0, 0.05) is 23.4 Å². The van der Waals surface area contributed by atoms with Crippen LogP contribution in [0.5, 0.6) is 0 Å². The van der Waals surface area contributed by atoms with Gasteiger partial charge in [-0.15, -0.1) is 16.4 Å². The second-order valence-electron chi connectivity index (χ2n) is 5.98. The number of hydrogen-bond donors (Lipinski definition) is 2. The zero-order valence-electron chi connectivity index (χ0n) is 13.3. The molecule has 1 fully saturated rings. The Morgan fingerprint density at radius 1 is 1.52 bits per heavy atom. The summed E-state index contributed by atoms with van der Waals surface area (Å²) in [5.41, 5.74) is 8.25. The quantitative estimate of drug-likeness (QED) is 0.645. The first kappa shape index (κ1) is 17.2. The van der Waals surface area contributed by atoms with E-state index < -0.39 is 0 Å². The van der Waals surface area contributed by atoms with Crippen LogP contribution < -0.4 is 11.1 Å². The van der Waals surface area contributed by atoms with E-state index >= 15 is 0 Å². The average Bonchev–Trinajstić information content (AvgIpc) is 3.22. The molecule has 0 saturated carbocycles. The van der Waals surface area contributed by atoms with Crippen molar-refractivity contribution in [3.63, 3.8) is 0 Å². The minimum absolute atomic E-state index is 0.0339. The van der Waals surface area contributed by atoms with Crippen LogP contribution in [0.25, 0.3) is 5.52 Å². The second kappa shape index (κ2) is 7.20. The number of nitrogens with two attached hydrogens (primary N) is 1. The molecule has 3 aromatic rings. The minimum Gasteiger partial charge on any atom is -0.380 e. The van der Waals surface area contributed by atoms with Crippen LogP contribution in [0.2, 0.25) is 5.28 Å². The SMILES string of the molecule is N[C@H]1COCC[C@@H]1c1cc2c(NCc3cccs3)nc(Cl)nn2c1Br. The molecule has 0 bridgehead atoms. The first-order valence-electron chi connectivity index (χ1n) is 7.97. The molecular weight excluding hydrogens is 426 g/mol. The lowest BCUT2D eigenvalue weighted by atomic mass is 9.90. The van der Waals surface area contributed by atoms with Gasteiger partial charge in [0.2, 0.25) is 5.28 Å². The van der Waals surface area contributed by atoms with Crippen LogP contribution in [0.1, 0.15) is 22.8 Å². The number of thiophene rings is 1. The zero-order chi connectivity index (χ0) is 17.4. The van der Waals surface area contributed by atoms with Crippen molar-refractivity contribution in [1.29, 1.82) is 0 Å². The Morgan fingerprint density at radius 2 is 2.40 bits per heavy atom. The molecule has 4 heterocycles. The third-order valence-corrected chi connectivity index (χ3v) is 6.21. The van der Waals surface area contributed by atoms with Crippen molar-refractivity contribution in [3.05, 3.63) is 43.9 Å². The van der Waals surface area contributed by atoms with E-state index in [2.05, 4.69) is 48.8 Å². The van der Waals surface area contributed by atoms with Gasteiger partial charge in [-0.05, 0) is 57.0 Å². The summed E-state index contributed by atoms with van der Waals surface area (Å²) in [6.07, 6.45) is 0.885. The van der Waals surface area contributed by atoms with E-state index in [-0.39, 0.29) is 17.2 Å². The van der Waals surface area contributed by atoms with E-state index in [1.807, 2.05) is 6.07 Å². The van der Waals surface area contributed by atoms with Crippen LogP contribution >= 0.6 is 38.9 Å². The number of fused-ring (bicyclic) bond motifs is 1. The molecule has 4 rings (SSSR count). The van der Waals surface area contributed by atoms with Gasteiger partial charge in [0.15, 0.2) is 5.82 Å². The molecule has 2 atom stereocenters. The fourth-order valence-corrected chi connectivity index (χ4v) is 4.62. The molecule has 0 aromatic carbocycles. The number of halogens is 2. The minimum atomic E-state index is -0.0339. The second-order valence-corrected chi connectivity index (χ2v) is 8.11. The molecule has 0 amide bonds. The molecule has 25 heavy (non-hydrogen) atoms. The van der Waals surface area contributed by atoms with Gasteiger partial charge >= 0.3 is 0 Å². The summed E-state index contributed by atoms with van der Waals surface area (Å²) in [5.74, 6) is 0.926. The van der Waals surface area contributed by atoms with Crippen molar-refractivity contribution in [2.45, 2.75) is 24.9 Å². The Balaban J connectivity index is 1.72. The van der Waals surface area contributed by atoms with Crippen molar-refractivity contribution in [2.24, 2.45) is 5.73 Å². The molecule has 3 N–H and O–H groups in total. The standard InChI is InChI=1S/C16H17BrClN5OS/c17-14-11(10-3-4-24-8-12(10)19)6-13-15(21-16(18)22-23(13)14)20-7-9-2-1-5-25-9/h1-2,5-6,10,12H,3-4,7-8,19H2,(H,20,21,22)/t10-,12+/m1/s1. The first-order chi connectivity index (χ1) is 12.1. The van der Waals surface area contributed by atoms with Gasteiger partial charge in [-0.1, -0.05) is 6.07 Å². The van der Waals surface area contributed by atoms with E-state index in [0.717, 1.165) is 22.1 Å². The van der Waals surface area contributed by atoms with Crippen molar-refractivity contribution in [3.8, 4) is 0 Å². The van der Waals surface area contributed by atoms with Gasteiger partial charge in [0.25, 0.3) is 0 Å². The van der Waals surface area contributed by atoms with Gasteiger partial charge < -0.3 is 15.8 Å². The highest BCUT2D eigenvalue weighted by atomic mass is 79.9. The summed E-state index contributed by atoms with van der Waals surface area (Å²) in [6, 6.07) is 6.17. The van der Waals surface area contributed by atoms with Crippen molar-refractivity contribution >= 4 is 50.2 Å². The Bertz CT molecular complexity index is 884. The predicted octanol–water partition coefficient (Wildman–Crippen LogP) is 3.65. The number of aromatic nitrogens is 3. The Morgan fingerprint density at radius 3 is 3.16 bits per heavy atom. The number of hydrogen-bond acceptors (Lipinski definition) is 6. The molecule has 0 aliphatic carbocycles. The Hall–Kier alpha value is -1.19. The van der Waals surface area contributed by atoms with E-state index in [1.165, 1.54) is 4.88 Å². The lowest BCUT2D eigenvalue weighted by molar-refractivity contribution is 0.0695. The average molecular weight is 443 g/mol. The number of anilines is 1. The maximum absolute atomic E-state index is 6.26. The molecule has 0 spiro atoms. The highest BCUT2D eigenvalue weighted by molar-refractivity contribution is 9.10. The summed E-state index contributed by atoms with van der Waals surface area (Å²) >= 11 is 11.5. The van der Waals surface area contributed by atoms with Gasteiger partial charge in [-0.3, -0.25) is 0 Å². The number of nitrogens with zero attached hydrogens (tertiary/aromatic N) is 3. The normalized spacial score (nSPS) is 20.9. The van der Waals surface area contributed by atoms with E-state index in [0.29, 0.717) is 25.6 Å². The molecule has 3 aromatic heterocycles. The molecule has 132 valence electrons. The topological polar surface area (TPSA) is 77.5 Å². The van der Waals surface area contributed by atoms with Crippen LogP contribution in [0.4, 0.5) is 5.82 Å². The maximum atomic E-state index is 6.26. The van der Waals surface area contributed by atoms with E-state index in [4.69, 9.17) is 22.1 Å². The molecule has 9 heteroatoms. The first-order valence-corrected chi connectivity index (χ1v) is 10.0. The van der Waals surface area contributed by atoms with Crippen LogP contribution in [0.3, 0.4) is 0 Å². The fraction of sp³-hybridized carbons (Fsp3) is 0.375. The van der Waals surface area contributed by atoms with E-state index in [9.17, 15) is 0 Å². The Labute approximate surface area is 162 Å². The lowest BCUT2D eigenvalue weighted by Crippen LogP contribution is -2.38. The summed E-state index contributed by atoms with van der Waals surface area (Å²) in [6.45, 7) is 1.97. The van der Waals surface area contributed by atoms with Gasteiger partial charge in [-0.2, -0.15) is 4.98 Å². The van der Waals surface area contributed by atoms with E-state index in [1.54, 1.807) is 15.9 Å². The van der Waals surface area contributed by atoms with Crippen LogP contribution in [0.15, 0.2) is 28.2 Å². The molecule has 1 aliphatic rings. The van der Waals surface area contributed by atoms with Crippen LogP contribution in [0, 0.1) is 0 Å². The van der Waals surface area contributed by atoms with Crippen LogP contribution in [-0.2, 0) is 11.3 Å². The van der Waals surface area contributed by atoms with Gasteiger partial charge in [0.05, 0.1) is 13.2 Å². The van der Waals surface area contributed by atoms with Crippen LogP contribution in [-0.4, -0.2) is 33.9 Å². The van der Waals surface area contributed by atoms with Crippen molar-refractivity contribution < 1.29 is 4.74 Å². The summed E-state index contributed by atoms with van der Waals surface area (Å²) in [7, 11) is 0. The van der Waals surface area contributed by atoms with Crippen molar-refractivity contribution in [2.75, 3.05) is 18.5 Å². The molecular formula is C16H17BrClN5OS.